The first kappa shape index (κ1) is 21.0. The SMILES string of the molecule is CCCCCCc1cc(C#N)sc1-c1sc(OC)cc1CCCCCC. The van der Waals surface area contributed by atoms with Gasteiger partial charge in [0.2, 0.25) is 0 Å². The highest BCUT2D eigenvalue weighted by molar-refractivity contribution is 7.23. The Morgan fingerprint density at radius 1 is 0.846 bits per heavy atom. The van der Waals surface area contributed by atoms with Gasteiger partial charge >= 0.3 is 0 Å². The maximum absolute atomic E-state index is 9.39. The van der Waals surface area contributed by atoms with E-state index in [0.29, 0.717) is 0 Å². The molecule has 0 bridgehead atoms. The Kier molecular flexibility index (Phi) is 9.22. The van der Waals surface area contributed by atoms with Crippen molar-refractivity contribution in [2.75, 3.05) is 7.11 Å². The fourth-order valence-electron chi connectivity index (χ4n) is 3.23. The Hall–Kier alpha value is -1.31. The standard InChI is InChI=1S/C22H31NOS2/c1-4-6-8-10-12-17-14-19(16-23)25-21(17)22-18(13-11-9-7-5-2)15-20(24-3)26-22/h14-15H,4-13H2,1-3H3. The maximum Gasteiger partial charge on any atom is 0.174 e. The summed E-state index contributed by atoms with van der Waals surface area (Å²) in [5, 5.41) is 10.4. The van der Waals surface area contributed by atoms with Crippen LogP contribution in [0.15, 0.2) is 12.1 Å². The minimum absolute atomic E-state index is 0.829. The molecule has 4 heteroatoms. The Morgan fingerprint density at radius 3 is 1.96 bits per heavy atom. The first-order valence-electron chi connectivity index (χ1n) is 9.93. The van der Waals surface area contributed by atoms with E-state index >= 15 is 0 Å². The third kappa shape index (κ3) is 5.86. The molecular weight excluding hydrogens is 358 g/mol. The van der Waals surface area contributed by atoms with Gasteiger partial charge in [0, 0.05) is 4.88 Å². The van der Waals surface area contributed by atoms with Gasteiger partial charge in [0.1, 0.15) is 10.9 Å². The van der Waals surface area contributed by atoms with Gasteiger partial charge in [-0.25, -0.2) is 0 Å². The zero-order valence-corrected chi connectivity index (χ0v) is 18.0. The van der Waals surface area contributed by atoms with E-state index in [1.165, 1.54) is 72.2 Å². The number of thiophene rings is 2. The van der Waals surface area contributed by atoms with Crippen molar-refractivity contribution in [2.45, 2.75) is 78.1 Å². The monoisotopic (exact) mass is 389 g/mol. The van der Waals surface area contributed by atoms with Gasteiger partial charge in [0.15, 0.2) is 5.06 Å². The van der Waals surface area contributed by atoms with Gasteiger partial charge in [-0.15, -0.1) is 11.3 Å². The van der Waals surface area contributed by atoms with Crippen LogP contribution in [-0.2, 0) is 12.8 Å². The molecule has 0 unspecified atom stereocenters. The van der Waals surface area contributed by atoms with Gasteiger partial charge in [-0.3, -0.25) is 0 Å². The smallest absolute Gasteiger partial charge is 0.174 e. The molecule has 0 radical (unpaired) electrons. The minimum Gasteiger partial charge on any atom is -0.487 e. The fourth-order valence-corrected chi connectivity index (χ4v) is 5.46. The van der Waals surface area contributed by atoms with Crippen LogP contribution in [-0.4, -0.2) is 7.11 Å². The van der Waals surface area contributed by atoms with Gasteiger partial charge in [0.05, 0.1) is 12.0 Å². The molecule has 0 fully saturated rings. The molecule has 0 atom stereocenters. The number of aryl methyl sites for hydroxylation is 2. The number of hydrogen-bond acceptors (Lipinski definition) is 4. The van der Waals surface area contributed by atoms with Gasteiger partial charge in [-0.1, -0.05) is 63.7 Å². The van der Waals surface area contributed by atoms with Gasteiger partial charge in [-0.05, 0) is 48.9 Å². The van der Waals surface area contributed by atoms with Crippen LogP contribution in [0.3, 0.4) is 0 Å². The molecular formula is C22H31NOS2. The number of ether oxygens (including phenoxy) is 1. The molecule has 0 saturated heterocycles. The lowest BCUT2D eigenvalue weighted by atomic mass is 10.0. The number of hydrogen-bond donors (Lipinski definition) is 0. The van der Waals surface area contributed by atoms with Gasteiger partial charge < -0.3 is 4.74 Å². The van der Waals surface area contributed by atoms with Crippen molar-refractivity contribution < 1.29 is 4.74 Å². The molecule has 0 aliphatic carbocycles. The molecule has 2 heterocycles. The molecule has 0 spiro atoms. The van der Waals surface area contributed by atoms with Crippen LogP contribution in [0, 0.1) is 11.3 Å². The number of unbranched alkanes of at least 4 members (excludes halogenated alkanes) is 6. The van der Waals surface area contributed by atoms with Gasteiger partial charge in [0.25, 0.3) is 0 Å². The predicted octanol–water partition coefficient (Wildman–Crippen LogP) is 7.60. The fraction of sp³-hybridized carbons (Fsp3) is 0.591. The van der Waals surface area contributed by atoms with E-state index in [4.69, 9.17) is 4.74 Å². The predicted molar refractivity (Wildman–Crippen MR) is 115 cm³/mol. The molecule has 0 aromatic carbocycles. The maximum atomic E-state index is 9.39. The van der Waals surface area contributed by atoms with Crippen LogP contribution in [0.5, 0.6) is 5.06 Å². The molecule has 2 nitrogen and oxygen atoms in total. The highest BCUT2D eigenvalue weighted by atomic mass is 32.1. The highest BCUT2D eigenvalue weighted by Crippen LogP contribution is 2.43. The van der Waals surface area contributed by atoms with Crippen LogP contribution >= 0.6 is 22.7 Å². The van der Waals surface area contributed by atoms with E-state index < -0.39 is 0 Å². The lowest BCUT2D eigenvalue weighted by Gasteiger charge is -2.06. The largest absolute Gasteiger partial charge is 0.487 e. The summed E-state index contributed by atoms with van der Waals surface area (Å²) in [6.07, 6.45) is 12.3. The number of nitrogens with zero attached hydrogens (tertiary/aromatic N) is 1. The topological polar surface area (TPSA) is 33.0 Å². The van der Waals surface area contributed by atoms with E-state index in [0.717, 1.165) is 22.8 Å². The average Bonchev–Trinajstić information content (AvgIpc) is 3.25. The van der Waals surface area contributed by atoms with Crippen molar-refractivity contribution in [3.63, 3.8) is 0 Å². The molecule has 0 amide bonds. The van der Waals surface area contributed by atoms with Crippen molar-refractivity contribution >= 4 is 22.7 Å². The molecule has 142 valence electrons. The Labute approximate surface area is 166 Å². The van der Waals surface area contributed by atoms with Crippen LogP contribution in [0.25, 0.3) is 9.75 Å². The third-order valence-corrected chi connectivity index (χ3v) is 7.10. The molecule has 0 aliphatic heterocycles. The summed E-state index contributed by atoms with van der Waals surface area (Å²) < 4.78 is 5.53. The molecule has 2 rings (SSSR count). The average molecular weight is 390 g/mol. The third-order valence-electron chi connectivity index (χ3n) is 4.71. The van der Waals surface area contributed by atoms with E-state index in [1.807, 2.05) is 0 Å². The van der Waals surface area contributed by atoms with E-state index in [1.54, 1.807) is 29.8 Å². The lowest BCUT2D eigenvalue weighted by molar-refractivity contribution is 0.427. The van der Waals surface area contributed by atoms with Crippen molar-refractivity contribution in [3.05, 3.63) is 28.1 Å². The molecule has 0 aliphatic rings. The minimum atomic E-state index is 0.829. The Bertz CT molecular complexity index is 708. The lowest BCUT2D eigenvalue weighted by Crippen LogP contribution is -1.89. The second-order valence-electron chi connectivity index (χ2n) is 6.82. The first-order chi connectivity index (χ1) is 12.7. The van der Waals surface area contributed by atoms with Crippen molar-refractivity contribution in [1.29, 1.82) is 5.26 Å². The summed E-state index contributed by atoms with van der Waals surface area (Å²) in [4.78, 5) is 3.46. The van der Waals surface area contributed by atoms with E-state index in [-0.39, 0.29) is 0 Å². The molecule has 2 aromatic heterocycles. The summed E-state index contributed by atoms with van der Waals surface area (Å²) in [7, 11) is 1.75. The van der Waals surface area contributed by atoms with Crippen LogP contribution in [0.4, 0.5) is 0 Å². The molecule has 26 heavy (non-hydrogen) atoms. The number of rotatable bonds is 12. The van der Waals surface area contributed by atoms with Crippen molar-refractivity contribution in [2.24, 2.45) is 0 Å². The first-order valence-corrected chi connectivity index (χ1v) is 11.6. The van der Waals surface area contributed by atoms with Crippen LogP contribution in [0.2, 0.25) is 0 Å². The van der Waals surface area contributed by atoms with E-state index in [9.17, 15) is 5.26 Å². The summed E-state index contributed by atoms with van der Waals surface area (Å²) in [6.45, 7) is 4.49. The highest BCUT2D eigenvalue weighted by Gasteiger charge is 2.18. The summed E-state index contributed by atoms with van der Waals surface area (Å²) in [5.74, 6) is 0. The Balaban J connectivity index is 2.23. The van der Waals surface area contributed by atoms with Crippen LogP contribution < -0.4 is 4.74 Å². The zero-order valence-electron chi connectivity index (χ0n) is 16.4. The zero-order chi connectivity index (χ0) is 18.8. The number of nitriles is 1. The summed E-state index contributed by atoms with van der Waals surface area (Å²) in [5.41, 5.74) is 2.74. The van der Waals surface area contributed by atoms with Crippen LogP contribution in [0.1, 0.15) is 81.2 Å². The summed E-state index contributed by atoms with van der Waals surface area (Å²) in [6, 6.07) is 6.67. The summed E-state index contributed by atoms with van der Waals surface area (Å²) >= 11 is 3.39. The van der Waals surface area contributed by atoms with Crippen molar-refractivity contribution in [3.8, 4) is 20.9 Å². The van der Waals surface area contributed by atoms with E-state index in [2.05, 4.69) is 32.0 Å². The number of methoxy groups -OCH3 is 1. The van der Waals surface area contributed by atoms with Gasteiger partial charge in [-0.2, -0.15) is 5.26 Å². The molecule has 0 saturated carbocycles. The molecule has 2 aromatic rings. The Morgan fingerprint density at radius 2 is 1.42 bits per heavy atom. The quantitative estimate of drug-likeness (QED) is 0.350. The van der Waals surface area contributed by atoms with Crippen molar-refractivity contribution in [1.82, 2.24) is 0 Å². The molecule has 0 N–H and O–H groups in total. The second kappa shape index (κ2) is 11.4. The normalized spacial score (nSPS) is 10.8. The second-order valence-corrected chi connectivity index (χ2v) is 8.89.